The monoisotopic (exact) mass is 225 g/mol. The average Bonchev–Trinajstić information content (AvgIpc) is 2.18. The van der Waals surface area contributed by atoms with Crippen LogP contribution in [0.25, 0.3) is 0 Å². The van der Waals surface area contributed by atoms with Crippen molar-refractivity contribution in [1.29, 1.82) is 0 Å². The van der Waals surface area contributed by atoms with E-state index in [0.29, 0.717) is 10.7 Å². The summed E-state index contributed by atoms with van der Waals surface area (Å²) in [7, 11) is 0. The lowest BCUT2D eigenvalue weighted by Crippen LogP contribution is -2.13. The third kappa shape index (κ3) is 5.08. The predicted octanol–water partition coefficient (Wildman–Crippen LogP) is 3.38. The fraction of sp³-hybridized carbons (Fsp3) is 0.182. The second-order valence-corrected chi connectivity index (χ2v) is 3.48. The lowest BCUT2D eigenvalue weighted by molar-refractivity contribution is 0.174. The summed E-state index contributed by atoms with van der Waals surface area (Å²) in [6.45, 7) is 1.90. The zero-order valence-corrected chi connectivity index (χ0v) is 9.12. The first kappa shape index (κ1) is 11.6. The molecule has 3 nitrogen and oxygen atoms in total. The molecule has 0 aromatic heterocycles. The summed E-state index contributed by atoms with van der Waals surface area (Å²) in [6, 6.07) is 9.10. The molecule has 0 saturated carbocycles. The molecule has 0 aliphatic rings. The van der Waals surface area contributed by atoms with Gasteiger partial charge in [-0.1, -0.05) is 29.8 Å². The zero-order chi connectivity index (χ0) is 11.1. The number of amides is 1. The van der Waals surface area contributed by atoms with Crippen LogP contribution in [0.3, 0.4) is 0 Å². The second-order valence-electron chi connectivity index (χ2n) is 2.88. The molecule has 15 heavy (non-hydrogen) atoms. The Morgan fingerprint density at radius 1 is 1.47 bits per heavy atom. The lowest BCUT2D eigenvalue weighted by Gasteiger charge is -2.04. The summed E-state index contributed by atoms with van der Waals surface area (Å²) in [5.74, 6) is 0. The third-order valence-corrected chi connectivity index (χ3v) is 1.75. The number of hydrogen-bond acceptors (Lipinski definition) is 2. The van der Waals surface area contributed by atoms with Gasteiger partial charge in [0, 0.05) is 10.7 Å². The van der Waals surface area contributed by atoms with E-state index in [-0.39, 0.29) is 6.61 Å². The van der Waals surface area contributed by atoms with Gasteiger partial charge < -0.3 is 4.74 Å². The fourth-order valence-corrected chi connectivity index (χ4v) is 0.971. The minimum Gasteiger partial charge on any atom is -0.445 e. The van der Waals surface area contributed by atoms with Crippen molar-refractivity contribution in [2.24, 2.45) is 0 Å². The number of ether oxygens (including phenoxy) is 1. The van der Waals surface area contributed by atoms with Crippen molar-refractivity contribution >= 4 is 23.4 Å². The largest absolute Gasteiger partial charge is 0.445 e. The molecular weight excluding hydrogens is 214 g/mol. The normalized spacial score (nSPS) is 10.9. The number of nitrogens with one attached hydrogen (secondary N) is 1. The number of halogens is 1. The van der Waals surface area contributed by atoms with Crippen molar-refractivity contribution in [3.63, 3.8) is 0 Å². The Bertz CT molecular complexity index is 345. The summed E-state index contributed by atoms with van der Waals surface area (Å²) < 4.78 is 4.85. The van der Waals surface area contributed by atoms with Gasteiger partial charge in [0.2, 0.25) is 0 Å². The first-order valence-electron chi connectivity index (χ1n) is 4.49. The Hall–Kier alpha value is -1.48. The van der Waals surface area contributed by atoms with Crippen molar-refractivity contribution in [3.05, 3.63) is 41.4 Å². The number of rotatable bonds is 3. The van der Waals surface area contributed by atoms with Crippen LogP contribution in [0.15, 0.2) is 41.4 Å². The number of para-hydroxylation sites is 1. The van der Waals surface area contributed by atoms with Crippen molar-refractivity contribution in [3.8, 4) is 0 Å². The zero-order valence-electron chi connectivity index (χ0n) is 8.37. The highest BCUT2D eigenvalue weighted by atomic mass is 35.5. The van der Waals surface area contributed by atoms with Gasteiger partial charge in [0.05, 0.1) is 0 Å². The minimum absolute atomic E-state index is 0.175. The van der Waals surface area contributed by atoms with E-state index in [0.717, 1.165) is 0 Å². The van der Waals surface area contributed by atoms with E-state index in [1.54, 1.807) is 25.1 Å². The van der Waals surface area contributed by atoms with Gasteiger partial charge in [-0.15, -0.1) is 0 Å². The number of carbonyl (C=O) groups excluding carboxylic acids is 1. The molecule has 0 atom stereocenters. The van der Waals surface area contributed by atoms with Crippen molar-refractivity contribution in [1.82, 2.24) is 0 Å². The van der Waals surface area contributed by atoms with E-state index in [2.05, 4.69) is 5.32 Å². The number of allylic oxidation sites excluding steroid dienone is 1. The summed E-state index contributed by atoms with van der Waals surface area (Å²) in [5.41, 5.74) is 0.703. The van der Waals surface area contributed by atoms with E-state index in [1.807, 2.05) is 18.2 Å². The summed E-state index contributed by atoms with van der Waals surface area (Å²) in [6.07, 6.45) is 1.13. The van der Waals surface area contributed by atoms with E-state index in [4.69, 9.17) is 16.3 Å². The van der Waals surface area contributed by atoms with Gasteiger partial charge in [-0.3, -0.25) is 5.32 Å². The smallest absolute Gasteiger partial charge is 0.411 e. The van der Waals surface area contributed by atoms with Gasteiger partial charge in [-0.05, 0) is 25.1 Å². The van der Waals surface area contributed by atoms with E-state index >= 15 is 0 Å². The summed E-state index contributed by atoms with van der Waals surface area (Å²) >= 11 is 5.57. The Morgan fingerprint density at radius 2 is 2.13 bits per heavy atom. The summed E-state index contributed by atoms with van der Waals surface area (Å²) in [5, 5.41) is 3.18. The van der Waals surface area contributed by atoms with Crippen LogP contribution < -0.4 is 5.32 Å². The maximum absolute atomic E-state index is 11.2. The van der Waals surface area contributed by atoms with Gasteiger partial charge in [-0.2, -0.15) is 0 Å². The molecule has 0 aliphatic carbocycles. The highest BCUT2D eigenvalue weighted by Crippen LogP contribution is 2.05. The Kier molecular flexibility index (Phi) is 4.71. The molecule has 0 saturated heterocycles. The number of benzene rings is 1. The minimum atomic E-state index is -0.490. The number of hydrogen-bond donors (Lipinski definition) is 1. The first-order chi connectivity index (χ1) is 7.18. The topological polar surface area (TPSA) is 38.3 Å². The van der Waals surface area contributed by atoms with Crippen LogP contribution in [0.2, 0.25) is 0 Å². The molecule has 1 aromatic rings. The molecule has 4 heteroatoms. The molecule has 0 heterocycles. The standard InChI is InChI=1S/C11H12ClNO2/c1-9(12)7-8-15-11(14)13-10-5-3-2-4-6-10/h2-7H,8H2,1H3,(H,13,14). The Balaban J connectivity index is 2.34. The highest BCUT2D eigenvalue weighted by Gasteiger charge is 2.00. The van der Waals surface area contributed by atoms with Gasteiger partial charge in [0.1, 0.15) is 6.61 Å². The van der Waals surface area contributed by atoms with Crippen LogP contribution >= 0.6 is 11.6 Å². The molecule has 1 aromatic carbocycles. The lowest BCUT2D eigenvalue weighted by atomic mass is 10.3. The van der Waals surface area contributed by atoms with Crippen molar-refractivity contribution in [2.75, 3.05) is 11.9 Å². The van der Waals surface area contributed by atoms with Crippen LogP contribution in [0.5, 0.6) is 0 Å². The van der Waals surface area contributed by atoms with E-state index in [1.165, 1.54) is 0 Å². The van der Waals surface area contributed by atoms with Crippen LogP contribution in [-0.2, 0) is 4.74 Å². The molecule has 0 spiro atoms. The van der Waals surface area contributed by atoms with Gasteiger partial charge >= 0.3 is 6.09 Å². The molecule has 80 valence electrons. The molecule has 0 aliphatic heterocycles. The predicted molar refractivity (Wildman–Crippen MR) is 61.0 cm³/mol. The van der Waals surface area contributed by atoms with Crippen LogP contribution in [-0.4, -0.2) is 12.7 Å². The fourth-order valence-electron chi connectivity index (χ4n) is 0.908. The van der Waals surface area contributed by atoms with Crippen molar-refractivity contribution in [2.45, 2.75) is 6.92 Å². The van der Waals surface area contributed by atoms with Crippen molar-refractivity contribution < 1.29 is 9.53 Å². The molecule has 0 radical (unpaired) electrons. The van der Waals surface area contributed by atoms with Crippen LogP contribution in [0.1, 0.15) is 6.92 Å². The van der Waals surface area contributed by atoms with E-state index < -0.39 is 6.09 Å². The molecule has 1 N–H and O–H groups in total. The average molecular weight is 226 g/mol. The van der Waals surface area contributed by atoms with Gasteiger partial charge in [0.25, 0.3) is 0 Å². The molecule has 1 amide bonds. The first-order valence-corrected chi connectivity index (χ1v) is 4.87. The summed E-state index contributed by atoms with van der Waals surface area (Å²) in [4.78, 5) is 11.2. The third-order valence-electron chi connectivity index (χ3n) is 1.60. The van der Waals surface area contributed by atoms with Gasteiger partial charge in [0.15, 0.2) is 0 Å². The van der Waals surface area contributed by atoms with E-state index in [9.17, 15) is 4.79 Å². The maximum Gasteiger partial charge on any atom is 0.411 e. The maximum atomic E-state index is 11.2. The molecule has 0 bridgehead atoms. The highest BCUT2D eigenvalue weighted by molar-refractivity contribution is 6.29. The number of carbonyl (C=O) groups is 1. The molecule has 1 rings (SSSR count). The van der Waals surface area contributed by atoms with Gasteiger partial charge in [-0.25, -0.2) is 4.79 Å². The number of anilines is 1. The molecule has 0 fully saturated rings. The van der Waals surface area contributed by atoms with Crippen LogP contribution in [0.4, 0.5) is 10.5 Å². The molecular formula is C11H12ClNO2. The Morgan fingerprint density at radius 3 is 2.73 bits per heavy atom. The Labute approximate surface area is 93.7 Å². The second kappa shape index (κ2) is 6.09. The van der Waals surface area contributed by atoms with Crippen LogP contribution in [0, 0.1) is 0 Å². The quantitative estimate of drug-likeness (QED) is 0.857. The SMILES string of the molecule is CC(Cl)=CCOC(=O)Nc1ccccc1. The molecule has 0 unspecified atom stereocenters.